The third kappa shape index (κ3) is 9.58. The summed E-state index contributed by atoms with van der Waals surface area (Å²) in [5, 5.41) is 32.8. The first-order valence-corrected chi connectivity index (χ1v) is 13.9. The average molecular weight is 582 g/mol. The molecule has 12 heteroatoms. The van der Waals surface area contributed by atoms with Crippen molar-refractivity contribution in [3.63, 3.8) is 0 Å². The van der Waals surface area contributed by atoms with E-state index in [-0.39, 0.29) is 30.9 Å². The maximum Gasteiger partial charge on any atom is 0.245 e. The quantitative estimate of drug-likeness (QED) is 0.233. The molecule has 1 aliphatic rings. The van der Waals surface area contributed by atoms with Crippen LogP contribution in [0.2, 0.25) is 0 Å². The average Bonchev–Trinajstić information content (AvgIpc) is 2.94. The minimum absolute atomic E-state index is 0.0175. The number of hydrogen-bond donors (Lipinski definition) is 7. The van der Waals surface area contributed by atoms with Crippen LogP contribution in [0.5, 0.6) is 5.75 Å². The van der Waals surface area contributed by atoms with E-state index in [9.17, 15) is 34.2 Å². The van der Waals surface area contributed by atoms with Gasteiger partial charge in [-0.15, -0.1) is 0 Å². The third-order valence-corrected chi connectivity index (χ3v) is 6.77. The number of rotatable bonds is 7. The molecule has 1 saturated heterocycles. The van der Waals surface area contributed by atoms with Crippen LogP contribution in [0.4, 0.5) is 0 Å². The molecule has 5 amide bonds. The van der Waals surface area contributed by atoms with Crippen LogP contribution in [0.3, 0.4) is 0 Å². The van der Waals surface area contributed by atoms with Crippen LogP contribution >= 0.6 is 0 Å². The molecule has 1 aliphatic heterocycles. The summed E-state index contributed by atoms with van der Waals surface area (Å²) >= 11 is 0. The first-order valence-electron chi connectivity index (χ1n) is 13.9. The van der Waals surface area contributed by atoms with E-state index in [1.807, 2.05) is 19.9 Å². The summed E-state index contributed by atoms with van der Waals surface area (Å²) in [5.41, 5.74) is 1.37. The minimum atomic E-state index is -1.41. The monoisotopic (exact) mass is 581 g/mol. The van der Waals surface area contributed by atoms with Crippen molar-refractivity contribution in [3.05, 3.63) is 65.7 Å². The fraction of sp³-hybridized carbons (Fsp3) is 0.433. The molecule has 7 N–H and O–H groups in total. The van der Waals surface area contributed by atoms with Gasteiger partial charge in [0.15, 0.2) is 0 Å². The topological polar surface area (TPSA) is 186 Å². The number of phenols is 1. The van der Waals surface area contributed by atoms with Crippen molar-refractivity contribution in [2.45, 2.75) is 70.3 Å². The number of benzene rings is 2. The Bertz CT molecular complexity index is 1250. The maximum atomic E-state index is 13.6. The molecule has 2 aromatic rings. The zero-order valence-corrected chi connectivity index (χ0v) is 23.9. The Morgan fingerprint density at radius 3 is 1.81 bits per heavy atom. The Kier molecular flexibility index (Phi) is 11.4. The minimum Gasteiger partial charge on any atom is -0.508 e. The number of aliphatic hydroxyl groups excluding tert-OH is 1. The van der Waals surface area contributed by atoms with Crippen molar-refractivity contribution in [3.8, 4) is 5.75 Å². The molecular weight excluding hydrogens is 542 g/mol. The van der Waals surface area contributed by atoms with E-state index in [1.165, 1.54) is 19.1 Å². The SMILES string of the molecule is CC(C)C[C@@H]1NC(=O)[C@H](Cc2ccccc2)NC(=O)[C@H]([C@@H](C)O)NC(=O)CNC(=O)[C@H](Cc2ccc(O)cc2)NC1=O. The Morgan fingerprint density at radius 2 is 1.21 bits per heavy atom. The fourth-order valence-corrected chi connectivity index (χ4v) is 4.57. The molecule has 0 aliphatic carbocycles. The third-order valence-electron chi connectivity index (χ3n) is 6.77. The summed E-state index contributed by atoms with van der Waals surface area (Å²) in [7, 11) is 0. The van der Waals surface area contributed by atoms with Crippen LogP contribution in [-0.4, -0.2) is 76.6 Å². The van der Waals surface area contributed by atoms with Gasteiger partial charge in [0, 0.05) is 12.8 Å². The molecule has 226 valence electrons. The maximum absolute atomic E-state index is 13.6. The van der Waals surface area contributed by atoms with Gasteiger partial charge in [0.25, 0.3) is 0 Å². The van der Waals surface area contributed by atoms with Crippen LogP contribution in [0.15, 0.2) is 54.6 Å². The van der Waals surface area contributed by atoms with E-state index in [1.54, 1.807) is 36.4 Å². The highest BCUT2D eigenvalue weighted by Crippen LogP contribution is 2.13. The molecule has 5 atom stereocenters. The largest absolute Gasteiger partial charge is 0.508 e. The molecular formula is C30H39N5O7. The molecule has 0 unspecified atom stereocenters. The highest BCUT2D eigenvalue weighted by molar-refractivity contribution is 5.97. The highest BCUT2D eigenvalue weighted by atomic mass is 16.3. The lowest BCUT2D eigenvalue weighted by Gasteiger charge is -2.27. The summed E-state index contributed by atoms with van der Waals surface area (Å²) in [4.78, 5) is 66.2. The van der Waals surface area contributed by atoms with Gasteiger partial charge in [-0.1, -0.05) is 56.3 Å². The molecule has 0 aromatic heterocycles. The second-order valence-corrected chi connectivity index (χ2v) is 10.9. The molecule has 1 fully saturated rings. The summed E-state index contributed by atoms with van der Waals surface area (Å²) in [6.07, 6.45) is -0.958. The van der Waals surface area contributed by atoms with Crippen molar-refractivity contribution in [2.24, 2.45) is 5.92 Å². The smallest absolute Gasteiger partial charge is 0.245 e. The summed E-state index contributed by atoms with van der Waals surface area (Å²) in [6, 6.07) is 10.3. The van der Waals surface area contributed by atoms with Crippen LogP contribution in [0, 0.1) is 5.92 Å². The van der Waals surface area contributed by atoms with Crippen molar-refractivity contribution < 1.29 is 34.2 Å². The van der Waals surface area contributed by atoms with E-state index in [4.69, 9.17) is 0 Å². The Hall–Kier alpha value is -4.45. The lowest BCUT2D eigenvalue weighted by Crippen LogP contribution is -2.59. The predicted molar refractivity (Wildman–Crippen MR) is 154 cm³/mol. The van der Waals surface area contributed by atoms with Gasteiger partial charge >= 0.3 is 0 Å². The van der Waals surface area contributed by atoms with E-state index >= 15 is 0 Å². The van der Waals surface area contributed by atoms with Crippen LogP contribution < -0.4 is 26.6 Å². The van der Waals surface area contributed by atoms with Crippen molar-refractivity contribution in [2.75, 3.05) is 6.54 Å². The first-order chi connectivity index (χ1) is 19.9. The number of aliphatic hydroxyl groups is 1. The molecule has 0 spiro atoms. The number of hydrogen-bond acceptors (Lipinski definition) is 7. The normalized spacial score (nSPS) is 23.4. The van der Waals surface area contributed by atoms with Crippen molar-refractivity contribution in [1.82, 2.24) is 26.6 Å². The van der Waals surface area contributed by atoms with Gasteiger partial charge in [-0.2, -0.15) is 0 Å². The number of carbonyl (C=O) groups is 5. The fourth-order valence-electron chi connectivity index (χ4n) is 4.57. The van der Waals surface area contributed by atoms with Gasteiger partial charge in [-0.3, -0.25) is 24.0 Å². The highest BCUT2D eigenvalue weighted by Gasteiger charge is 2.34. The summed E-state index contributed by atoms with van der Waals surface area (Å²) < 4.78 is 0. The molecule has 12 nitrogen and oxygen atoms in total. The van der Waals surface area contributed by atoms with Gasteiger partial charge in [-0.05, 0) is 42.5 Å². The first kappa shape index (κ1) is 32.1. The van der Waals surface area contributed by atoms with E-state index < -0.39 is 66.4 Å². The van der Waals surface area contributed by atoms with Gasteiger partial charge in [0.05, 0.1) is 12.6 Å². The number of phenolic OH excluding ortho intramolecular Hbond substituents is 1. The van der Waals surface area contributed by atoms with Crippen molar-refractivity contribution >= 4 is 29.5 Å². The molecule has 1 heterocycles. The molecule has 0 radical (unpaired) electrons. The zero-order chi connectivity index (χ0) is 30.8. The summed E-state index contributed by atoms with van der Waals surface area (Å²) in [5.74, 6) is -3.46. The second-order valence-electron chi connectivity index (χ2n) is 10.9. The molecule has 2 aromatic carbocycles. The van der Waals surface area contributed by atoms with E-state index in [0.29, 0.717) is 5.56 Å². The van der Waals surface area contributed by atoms with E-state index in [0.717, 1.165) is 5.56 Å². The van der Waals surface area contributed by atoms with Gasteiger partial charge in [0.1, 0.15) is 29.9 Å². The predicted octanol–water partition coefficient (Wildman–Crippen LogP) is -0.327. The Morgan fingerprint density at radius 1 is 0.690 bits per heavy atom. The van der Waals surface area contributed by atoms with Crippen LogP contribution in [0.1, 0.15) is 38.3 Å². The lowest BCUT2D eigenvalue weighted by molar-refractivity contribution is -0.135. The standard InChI is InChI=1S/C30H39N5O7/c1-17(2)13-22-28(40)33-23(15-20-9-11-21(37)12-10-20)27(39)31-16-25(38)35-26(18(3)36)30(42)34-24(29(41)32-22)14-19-7-5-4-6-8-19/h4-12,17-18,22-24,26,36-37H,13-16H2,1-3H3,(H,31,39)(H,32,41)(H,33,40)(H,34,42)(H,35,38)/t18-,22+,23+,24+,26+/m1/s1. The Labute approximate surface area is 244 Å². The number of aromatic hydroxyl groups is 1. The van der Waals surface area contributed by atoms with E-state index in [2.05, 4.69) is 26.6 Å². The summed E-state index contributed by atoms with van der Waals surface area (Å²) in [6.45, 7) is 4.54. The zero-order valence-electron chi connectivity index (χ0n) is 23.9. The number of amides is 5. The number of nitrogens with one attached hydrogen (secondary N) is 5. The van der Waals surface area contributed by atoms with Gasteiger partial charge in [-0.25, -0.2) is 0 Å². The lowest BCUT2D eigenvalue weighted by atomic mass is 9.99. The molecule has 3 rings (SSSR count). The molecule has 0 saturated carbocycles. The van der Waals surface area contributed by atoms with Crippen LogP contribution in [0.25, 0.3) is 0 Å². The van der Waals surface area contributed by atoms with Crippen LogP contribution in [-0.2, 0) is 36.8 Å². The molecule has 0 bridgehead atoms. The van der Waals surface area contributed by atoms with Gasteiger partial charge in [0.2, 0.25) is 29.5 Å². The second kappa shape index (κ2) is 15.0. The molecule has 42 heavy (non-hydrogen) atoms. The van der Waals surface area contributed by atoms with Crippen molar-refractivity contribution in [1.29, 1.82) is 0 Å². The van der Waals surface area contributed by atoms with Gasteiger partial charge < -0.3 is 36.8 Å². The Balaban J connectivity index is 1.97. The number of carbonyl (C=O) groups excluding carboxylic acids is 5.